The first-order valence-electron chi connectivity index (χ1n) is 6.32. The summed E-state index contributed by atoms with van der Waals surface area (Å²) in [5.74, 6) is -1.59. The summed E-state index contributed by atoms with van der Waals surface area (Å²) in [6, 6.07) is 0. The van der Waals surface area contributed by atoms with Crippen molar-refractivity contribution in [3.05, 3.63) is 0 Å². The molecule has 0 aromatic heterocycles. The van der Waals surface area contributed by atoms with Crippen LogP contribution in [0.15, 0.2) is 0 Å². The van der Waals surface area contributed by atoms with Crippen molar-refractivity contribution in [3.63, 3.8) is 0 Å². The van der Waals surface area contributed by atoms with E-state index in [4.69, 9.17) is 19.9 Å². The minimum absolute atomic E-state index is 0.530. The summed E-state index contributed by atoms with van der Waals surface area (Å²) < 4.78 is 15.2. The van der Waals surface area contributed by atoms with E-state index in [9.17, 15) is 14.4 Å². The number of esters is 3. The zero-order chi connectivity index (χ0) is 16.1. The molecule has 0 bridgehead atoms. The largest absolute Gasteiger partial charge is 0.461 e. The normalized spacial score (nSPS) is 18.1. The van der Waals surface area contributed by atoms with Crippen LogP contribution in [0.4, 0.5) is 0 Å². The van der Waals surface area contributed by atoms with Gasteiger partial charge in [0.25, 0.3) is 0 Å². The summed E-state index contributed by atoms with van der Waals surface area (Å²) >= 11 is 0. The molecule has 0 spiro atoms. The van der Waals surface area contributed by atoms with Crippen LogP contribution in [-0.2, 0) is 28.6 Å². The lowest BCUT2D eigenvalue weighted by atomic mass is 9.83. The van der Waals surface area contributed by atoms with Crippen molar-refractivity contribution in [2.24, 2.45) is 5.73 Å². The molecule has 0 amide bonds. The molecule has 7 heteroatoms. The molecule has 0 saturated heterocycles. The molecule has 0 fully saturated rings. The van der Waals surface area contributed by atoms with Gasteiger partial charge in [-0.25, -0.2) is 0 Å². The van der Waals surface area contributed by atoms with Gasteiger partial charge in [0.1, 0.15) is 23.9 Å². The Balaban J connectivity index is 5.34. The topological polar surface area (TPSA) is 105 Å². The number of ether oxygens (including phenoxy) is 3. The molecule has 20 heavy (non-hydrogen) atoms. The van der Waals surface area contributed by atoms with Crippen LogP contribution in [0.3, 0.4) is 0 Å². The summed E-state index contributed by atoms with van der Waals surface area (Å²) in [7, 11) is 0. The summed E-state index contributed by atoms with van der Waals surface area (Å²) in [5.41, 5.74) is 4.88. The van der Waals surface area contributed by atoms with Gasteiger partial charge < -0.3 is 19.9 Å². The first-order chi connectivity index (χ1) is 9.01. The molecule has 3 unspecified atom stereocenters. The van der Waals surface area contributed by atoms with E-state index in [1.54, 1.807) is 20.8 Å². The van der Waals surface area contributed by atoms with E-state index >= 15 is 0 Å². The van der Waals surface area contributed by atoms with Crippen LogP contribution in [0.1, 0.15) is 41.5 Å². The summed E-state index contributed by atoms with van der Waals surface area (Å²) in [4.78, 5) is 33.3. The maximum Gasteiger partial charge on any atom is 0.302 e. The van der Waals surface area contributed by atoms with Crippen LogP contribution in [0.5, 0.6) is 0 Å². The fourth-order valence-corrected chi connectivity index (χ4v) is 2.04. The first kappa shape index (κ1) is 18.4. The van der Waals surface area contributed by atoms with E-state index < -0.39 is 41.8 Å². The highest BCUT2D eigenvalue weighted by Gasteiger charge is 2.48. The van der Waals surface area contributed by atoms with E-state index in [-0.39, 0.29) is 0 Å². The van der Waals surface area contributed by atoms with Crippen molar-refractivity contribution in [1.82, 2.24) is 0 Å². The monoisotopic (exact) mass is 289 g/mol. The van der Waals surface area contributed by atoms with Gasteiger partial charge in [-0.3, -0.25) is 14.4 Å². The number of hydrogen-bond acceptors (Lipinski definition) is 7. The number of nitrogens with two attached hydrogens (primary N) is 1. The number of hydrogen-bond donors (Lipinski definition) is 1. The highest BCUT2D eigenvalue weighted by molar-refractivity contribution is 5.67. The van der Waals surface area contributed by atoms with E-state index in [2.05, 4.69) is 0 Å². The average Bonchev–Trinajstić information content (AvgIpc) is 2.24. The third-order valence-corrected chi connectivity index (χ3v) is 3.14. The SMILES string of the molecule is CC(=O)OC(C)C(N)(C(C)OC(C)=O)C(C)OC(C)=O. The van der Waals surface area contributed by atoms with Crippen LogP contribution >= 0.6 is 0 Å². The van der Waals surface area contributed by atoms with Crippen LogP contribution in [0, 0.1) is 0 Å². The molecule has 7 nitrogen and oxygen atoms in total. The maximum absolute atomic E-state index is 11.1. The van der Waals surface area contributed by atoms with E-state index in [1.807, 2.05) is 0 Å². The first-order valence-corrected chi connectivity index (χ1v) is 6.32. The molecule has 0 rings (SSSR count). The minimum Gasteiger partial charge on any atom is -0.461 e. The quantitative estimate of drug-likeness (QED) is 0.562. The van der Waals surface area contributed by atoms with Crippen LogP contribution in [0.2, 0.25) is 0 Å². The number of carbonyl (C=O) groups excluding carboxylic acids is 3. The lowest BCUT2D eigenvalue weighted by molar-refractivity contribution is -0.173. The van der Waals surface area contributed by atoms with Crippen molar-refractivity contribution in [1.29, 1.82) is 0 Å². The third kappa shape index (κ3) is 4.80. The van der Waals surface area contributed by atoms with Gasteiger partial charge in [0.2, 0.25) is 0 Å². The van der Waals surface area contributed by atoms with Crippen LogP contribution in [0.25, 0.3) is 0 Å². The van der Waals surface area contributed by atoms with Crippen LogP contribution in [-0.4, -0.2) is 41.8 Å². The van der Waals surface area contributed by atoms with Gasteiger partial charge in [-0.15, -0.1) is 0 Å². The van der Waals surface area contributed by atoms with E-state index in [0.717, 1.165) is 0 Å². The highest BCUT2D eigenvalue weighted by Crippen LogP contribution is 2.25. The molecule has 0 aromatic rings. The van der Waals surface area contributed by atoms with Gasteiger partial charge in [-0.2, -0.15) is 0 Å². The lowest BCUT2D eigenvalue weighted by Crippen LogP contribution is -2.66. The van der Waals surface area contributed by atoms with Gasteiger partial charge >= 0.3 is 17.9 Å². The molecule has 0 aliphatic rings. The molecule has 0 aliphatic heterocycles. The van der Waals surface area contributed by atoms with Crippen molar-refractivity contribution in [3.8, 4) is 0 Å². The Kier molecular flexibility index (Phi) is 6.64. The number of carbonyl (C=O) groups is 3. The Labute approximate surface area is 118 Å². The Hall–Kier alpha value is -1.63. The second-order valence-electron chi connectivity index (χ2n) is 4.75. The smallest absolute Gasteiger partial charge is 0.302 e. The molecular formula is C13H23NO6. The van der Waals surface area contributed by atoms with Gasteiger partial charge in [0.15, 0.2) is 0 Å². The Bertz CT molecular complexity index is 326. The molecular weight excluding hydrogens is 266 g/mol. The molecule has 3 atom stereocenters. The van der Waals surface area contributed by atoms with Gasteiger partial charge in [0.05, 0.1) is 0 Å². The zero-order valence-corrected chi connectivity index (χ0v) is 12.8. The maximum atomic E-state index is 11.1. The lowest BCUT2D eigenvalue weighted by Gasteiger charge is -2.42. The molecule has 0 saturated carbocycles. The minimum atomic E-state index is -1.36. The van der Waals surface area contributed by atoms with Crippen molar-refractivity contribution >= 4 is 17.9 Å². The summed E-state index contributed by atoms with van der Waals surface area (Å²) in [5, 5.41) is 0. The summed E-state index contributed by atoms with van der Waals surface area (Å²) in [6.07, 6.45) is -2.45. The standard InChI is InChI=1S/C13H23NO6/c1-7(18-10(4)15)13(14,8(2)19-11(5)16)9(3)20-12(6)17/h7-9H,14H2,1-6H3. The Morgan fingerprint density at radius 1 is 0.750 bits per heavy atom. The fraction of sp³-hybridized carbons (Fsp3) is 0.769. The Morgan fingerprint density at radius 2 is 0.950 bits per heavy atom. The molecule has 0 aliphatic carbocycles. The predicted octanol–water partition coefficient (Wildman–Crippen LogP) is 0.539. The van der Waals surface area contributed by atoms with Crippen molar-refractivity contribution < 1.29 is 28.6 Å². The zero-order valence-electron chi connectivity index (χ0n) is 12.8. The fourth-order valence-electron chi connectivity index (χ4n) is 2.04. The number of rotatable bonds is 6. The molecule has 0 heterocycles. The Morgan fingerprint density at radius 3 is 1.10 bits per heavy atom. The van der Waals surface area contributed by atoms with Crippen molar-refractivity contribution in [2.75, 3.05) is 0 Å². The molecule has 116 valence electrons. The van der Waals surface area contributed by atoms with Gasteiger partial charge in [0, 0.05) is 20.8 Å². The second-order valence-corrected chi connectivity index (χ2v) is 4.75. The average molecular weight is 289 g/mol. The molecule has 0 radical (unpaired) electrons. The van der Waals surface area contributed by atoms with Crippen LogP contribution < -0.4 is 5.73 Å². The summed E-state index contributed by atoms with van der Waals surface area (Å²) in [6.45, 7) is 8.39. The predicted molar refractivity (Wildman–Crippen MR) is 70.6 cm³/mol. The van der Waals surface area contributed by atoms with E-state index in [0.29, 0.717) is 0 Å². The van der Waals surface area contributed by atoms with E-state index in [1.165, 1.54) is 20.8 Å². The van der Waals surface area contributed by atoms with Crippen molar-refractivity contribution in [2.45, 2.75) is 65.4 Å². The second kappa shape index (κ2) is 7.23. The van der Waals surface area contributed by atoms with Gasteiger partial charge in [-0.1, -0.05) is 0 Å². The molecule has 0 aromatic carbocycles. The molecule has 2 N–H and O–H groups in total. The third-order valence-electron chi connectivity index (χ3n) is 3.14. The highest BCUT2D eigenvalue weighted by atomic mass is 16.6. The van der Waals surface area contributed by atoms with Gasteiger partial charge in [-0.05, 0) is 20.8 Å².